The summed E-state index contributed by atoms with van der Waals surface area (Å²) in [5.41, 5.74) is -0.481. The molecule has 1 rings (SSSR count). The maximum Gasteiger partial charge on any atom is 0.398 e. The van der Waals surface area contributed by atoms with Gasteiger partial charge in [-0.05, 0) is 0 Å². The van der Waals surface area contributed by atoms with E-state index in [-0.39, 0.29) is 6.20 Å². The highest BCUT2D eigenvalue weighted by atomic mass is 35.5. The van der Waals surface area contributed by atoms with Crippen LogP contribution in [0.1, 0.15) is 6.42 Å². The molecule has 1 atom stereocenters. The summed E-state index contributed by atoms with van der Waals surface area (Å²) in [6.07, 6.45) is -0.793. The number of hydrogen-bond donors (Lipinski definition) is 0. The fourth-order valence-electron chi connectivity index (χ4n) is 0.834. The van der Waals surface area contributed by atoms with E-state index in [1.807, 2.05) is 0 Å². The fourth-order valence-corrected chi connectivity index (χ4v) is 1.06. The van der Waals surface area contributed by atoms with Crippen LogP contribution in [0.3, 0.4) is 0 Å². The lowest BCUT2D eigenvalue weighted by atomic mass is 10.1. The Balaban J connectivity index is 3.10. The summed E-state index contributed by atoms with van der Waals surface area (Å²) in [6.45, 7) is 0. The van der Waals surface area contributed by atoms with Gasteiger partial charge in [-0.25, -0.2) is 4.39 Å². The van der Waals surface area contributed by atoms with Gasteiger partial charge in [-0.1, -0.05) is 16.1 Å². The predicted octanol–water partition coefficient (Wildman–Crippen LogP) is 2.48. The van der Waals surface area contributed by atoms with Crippen LogP contribution >= 0.6 is 11.6 Å². The number of allylic oxidation sites excluding steroid dienone is 1. The van der Waals surface area contributed by atoms with Crippen molar-refractivity contribution >= 4 is 11.6 Å². The van der Waals surface area contributed by atoms with Crippen LogP contribution in [0.25, 0.3) is 0 Å². The van der Waals surface area contributed by atoms with Crippen molar-refractivity contribution in [3.8, 4) is 6.07 Å². The second kappa shape index (κ2) is 2.77. The molecule has 0 bridgehead atoms. The number of nitrogens with zero attached hydrogens (tertiary/aromatic N) is 2. The molecule has 13 heavy (non-hydrogen) atoms. The number of halogens is 5. The summed E-state index contributed by atoms with van der Waals surface area (Å²) in [7, 11) is 0. The van der Waals surface area contributed by atoms with Crippen molar-refractivity contribution in [2.75, 3.05) is 0 Å². The molecule has 0 fully saturated rings. The second-order valence-corrected chi connectivity index (χ2v) is 3.10. The van der Waals surface area contributed by atoms with E-state index in [0.29, 0.717) is 0 Å². The summed E-state index contributed by atoms with van der Waals surface area (Å²) in [5, 5.41) is 3.46. The van der Waals surface area contributed by atoms with E-state index in [2.05, 4.69) is 0 Å². The smallest absolute Gasteiger partial charge is 0.217 e. The van der Waals surface area contributed by atoms with Crippen LogP contribution in [-0.4, -0.2) is 16.3 Å². The Bertz CT molecular complexity index is 293. The minimum atomic E-state index is -4.45. The quantitative estimate of drug-likeness (QED) is 0.268. The molecule has 0 saturated carbocycles. The number of hydrogen-bond acceptors (Lipinski definition) is 2. The van der Waals surface area contributed by atoms with E-state index in [4.69, 9.17) is 16.9 Å². The lowest BCUT2D eigenvalue weighted by molar-refractivity contribution is -0.260. The van der Waals surface area contributed by atoms with Crippen LogP contribution in [0.2, 0.25) is 0 Å². The number of rotatable bonds is 0. The summed E-state index contributed by atoms with van der Waals surface area (Å²) >= 11 is 4.74. The third-order valence-corrected chi connectivity index (χ3v) is 1.89. The molecule has 0 N–H and O–H groups in total. The zero-order valence-electron chi connectivity index (χ0n) is 6.07. The largest absolute Gasteiger partial charge is 0.398 e. The molecule has 1 unspecified atom stereocenters. The molecule has 0 aromatic carbocycles. The Morgan fingerprint density at radius 2 is 2.08 bits per heavy atom. The standard InChI is InChI=1S/C6H3ClF4N2/c7-5(8)1-4(2-12)3-13(11)6(5,9)10/h3H,1H2. The Morgan fingerprint density at radius 1 is 1.54 bits per heavy atom. The molecule has 0 aromatic rings. The van der Waals surface area contributed by atoms with Gasteiger partial charge in [0.15, 0.2) is 0 Å². The van der Waals surface area contributed by atoms with Gasteiger partial charge in [0, 0.05) is 6.42 Å². The normalized spacial score (nSPS) is 32.3. The van der Waals surface area contributed by atoms with Crippen molar-refractivity contribution in [2.45, 2.75) is 17.6 Å². The van der Waals surface area contributed by atoms with Crippen molar-refractivity contribution in [1.29, 1.82) is 5.26 Å². The van der Waals surface area contributed by atoms with E-state index in [0.717, 1.165) is 0 Å². The minimum Gasteiger partial charge on any atom is -0.217 e. The summed E-state index contributed by atoms with van der Waals surface area (Å²) in [4.78, 5) is 0. The van der Waals surface area contributed by atoms with Gasteiger partial charge in [0.25, 0.3) is 5.13 Å². The zero-order valence-corrected chi connectivity index (χ0v) is 6.82. The van der Waals surface area contributed by atoms with Crippen LogP contribution in [0.5, 0.6) is 0 Å². The van der Waals surface area contributed by atoms with Gasteiger partial charge in [-0.15, -0.1) is 5.12 Å². The highest BCUT2D eigenvalue weighted by molar-refractivity contribution is 6.23. The van der Waals surface area contributed by atoms with Crippen LogP contribution < -0.4 is 0 Å². The molecule has 7 heteroatoms. The molecule has 72 valence electrons. The minimum absolute atomic E-state index is 0.222. The second-order valence-electron chi connectivity index (χ2n) is 2.50. The lowest BCUT2D eigenvalue weighted by Gasteiger charge is -2.34. The topological polar surface area (TPSA) is 27.0 Å². The first-order valence-electron chi connectivity index (χ1n) is 3.13. The monoisotopic (exact) mass is 214 g/mol. The van der Waals surface area contributed by atoms with E-state index >= 15 is 0 Å². The van der Waals surface area contributed by atoms with E-state index in [1.54, 1.807) is 0 Å². The molecule has 1 heterocycles. The SMILES string of the molecule is N#CC1=CN(F)C(F)(F)C(F)(Cl)C1. The molecule has 0 aromatic heterocycles. The fraction of sp³-hybridized carbons (Fsp3) is 0.500. The van der Waals surface area contributed by atoms with Crippen LogP contribution in [-0.2, 0) is 0 Å². The molecular weight excluding hydrogens is 212 g/mol. The molecule has 0 aliphatic carbocycles. The molecule has 0 spiro atoms. The van der Waals surface area contributed by atoms with Crippen LogP contribution in [0.15, 0.2) is 11.8 Å². The average Bonchev–Trinajstić information content (AvgIpc) is 2.00. The third-order valence-electron chi connectivity index (χ3n) is 1.53. The maximum absolute atomic E-state index is 12.9. The molecular formula is C6H3ClF4N2. The van der Waals surface area contributed by atoms with E-state index < -0.39 is 28.3 Å². The summed E-state index contributed by atoms with van der Waals surface area (Å²) < 4.78 is 50.5. The van der Waals surface area contributed by atoms with Crippen molar-refractivity contribution in [3.63, 3.8) is 0 Å². The Kier molecular flexibility index (Phi) is 2.16. The van der Waals surface area contributed by atoms with Gasteiger partial charge in [-0.2, -0.15) is 14.0 Å². The average molecular weight is 215 g/mol. The highest BCUT2D eigenvalue weighted by Crippen LogP contribution is 2.46. The lowest BCUT2D eigenvalue weighted by Crippen LogP contribution is -2.51. The van der Waals surface area contributed by atoms with Gasteiger partial charge in [0.05, 0.1) is 17.8 Å². The van der Waals surface area contributed by atoms with Crippen molar-refractivity contribution in [2.24, 2.45) is 0 Å². The molecule has 0 amide bonds. The maximum atomic E-state index is 12.9. The molecule has 2 nitrogen and oxygen atoms in total. The summed E-state index contributed by atoms with van der Waals surface area (Å²) in [5.74, 6) is 0. The van der Waals surface area contributed by atoms with Crippen molar-refractivity contribution < 1.29 is 17.7 Å². The number of alkyl halides is 4. The Morgan fingerprint density at radius 3 is 2.46 bits per heavy atom. The van der Waals surface area contributed by atoms with Crippen molar-refractivity contribution in [3.05, 3.63) is 11.8 Å². The van der Waals surface area contributed by atoms with Crippen molar-refractivity contribution in [1.82, 2.24) is 5.12 Å². The van der Waals surface area contributed by atoms with Gasteiger partial charge in [-0.3, -0.25) is 0 Å². The van der Waals surface area contributed by atoms with Crippen LogP contribution in [0, 0.1) is 11.3 Å². The first-order chi connectivity index (χ1) is 5.81. The summed E-state index contributed by atoms with van der Waals surface area (Å²) in [6, 6.07) is -3.10. The van der Waals surface area contributed by atoms with E-state index in [1.165, 1.54) is 6.07 Å². The molecule has 0 radical (unpaired) electrons. The van der Waals surface area contributed by atoms with Gasteiger partial charge in [0.1, 0.15) is 0 Å². The van der Waals surface area contributed by atoms with Crippen LogP contribution in [0.4, 0.5) is 17.7 Å². The zero-order chi connectivity index (χ0) is 10.3. The van der Waals surface area contributed by atoms with Gasteiger partial charge in [0.2, 0.25) is 0 Å². The Labute approximate surface area is 75.9 Å². The van der Waals surface area contributed by atoms with E-state index in [9.17, 15) is 17.7 Å². The molecule has 1 aliphatic heterocycles. The highest BCUT2D eigenvalue weighted by Gasteiger charge is 2.61. The first-order valence-corrected chi connectivity index (χ1v) is 3.50. The third kappa shape index (κ3) is 1.44. The number of nitriles is 1. The molecule has 0 saturated heterocycles. The molecule has 1 aliphatic rings. The Hall–Kier alpha value is -0.960. The predicted molar refractivity (Wildman–Crippen MR) is 35.9 cm³/mol. The first kappa shape index (κ1) is 10.1. The van der Waals surface area contributed by atoms with Gasteiger partial charge < -0.3 is 0 Å². The van der Waals surface area contributed by atoms with Gasteiger partial charge >= 0.3 is 6.05 Å².